The minimum atomic E-state index is -0.151. The van der Waals surface area contributed by atoms with E-state index in [-0.39, 0.29) is 18.1 Å². The summed E-state index contributed by atoms with van der Waals surface area (Å²) in [7, 11) is 3.49. The van der Waals surface area contributed by atoms with E-state index in [1.165, 1.54) is 0 Å². The number of carbonyl (C=O) groups excluding carboxylic acids is 1. The highest BCUT2D eigenvalue weighted by molar-refractivity contribution is 5.93. The summed E-state index contributed by atoms with van der Waals surface area (Å²) < 4.78 is 7.04. The Hall–Kier alpha value is -4.91. The maximum Gasteiger partial charge on any atom is 0.322 e. The second-order valence-electron chi connectivity index (χ2n) is 9.90. The molecule has 0 radical (unpaired) electrons. The van der Waals surface area contributed by atoms with E-state index in [1.807, 2.05) is 60.7 Å². The molecule has 0 saturated heterocycles. The number of rotatable bonds is 8. The maximum absolute atomic E-state index is 13.7. The largest absolute Gasteiger partial charge is 0.495 e. The summed E-state index contributed by atoms with van der Waals surface area (Å²) in [6.07, 6.45) is 12.2. The summed E-state index contributed by atoms with van der Waals surface area (Å²) in [4.78, 5) is 24.1. The molecule has 0 atom stereocenters. The highest BCUT2D eigenvalue weighted by atomic mass is 16.5. The van der Waals surface area contributed by atoms with Gasteiger partial charge in [-0.1, -0.05) is 12.1 Å². The summed E-state index contributed by atoms with van der Waals surface area (Å²) >= 11 is 0. The van der Waals surface area contributed by atoms with E-state index in [4.69, 9.17) is 10.00 Å². The van der Waals surface area contributed by atoms with Crippen LogP contribution in [0.15, 0.2) is 73.4 Å². The molecule has 2 amide bonds. The molecule has 1 fully saturated rings. The van der Waals surface area contributed by atoms with E-state index in [1.54, 1.807) is 36.4 Å². The Morgan fingerprint density at radius 1 is 1.07 bits per heavy atom. The molecule has 3 aromatic heterocycles. The Balaban J connectivity index is 1.30. The van der Waals surface area contributed by atoms with Gasteiger partial charge in [0.05, 0.1) is 25.1 Å². The first-order valence-electron chi connectivity index (χ1n) is 13.3. The number of ether oxygens (including phenoxy) is 1. The zero-order chi connectivity index (χ0) is 27.9. The lowest BCUT2D eigenvalue weighted by Crippen LogP contribution is -2.48. The molecule has 0 aliphatic heterocycles. The molecule has 10 heteroatoms. The van der Waals surface area contributed by atoms with Crippen LogP contribution in [0.2, 0.25) is 0 Å². The van der Waals surface area contributed by atoms with Crippen LogP contribution in [0.3, 0.4) is 0 Å². The van der Waals surface area contributed by atoms with E-state index in [0.29, 0.717) is 17.9 Å². The molecule has 3 heterocycles. The minimum absolute atomic E-state index is 0.0413. The molecule has 0 bridgehead atoms. The van der Waals surface area contributed by atoms with Crippen molar-refractivity contribution < 1.29 is 9.53 Å². The number of pyridine rings is 2. The number of methoxy groups -OCH3 is 1. The van der Waals surface area contributed by atoms with Crippen molar-refractivity contribution >= 4 is 17.5 Å². The predicted molar refractivity (Wildman–Crippen MR) is 153 cm³/mol. The number of benzene rings is 1. The number of nitriles is 1. The summed E-state index contributed by atoms with van der Waals surface area (Å²) in [6, 6.07) is 15.8. The molecule has 2 N–H and O–H groups in total. The number of nitrogens with zero attached hydrogens (tertiary/aromatic N) is 6. The molecule has 4 aromatic rings. The third-order valence-corrected chi connectivity index (χ3v) is 7.16. The quantitative estimate of drug-likeness (QED) is 0.329. The van der Waals surface area contributed by atoms with Gasteiger partial charge in [-0.3, -0.25) is 14.6 Å². The standard InChI is InChI=1S/C30H32N8O2/c1-37-20-24(18-35-37)23-4-8-26(9-5-23)38(30(39)34-17-22-13-28(40-2)19-32-15-22)27-10-6-25(7-11-27)36-29-12-3-21(14-31)16-33-29/h3-5,8-9,12-13,15-16,18-20,25,27H,6-7,10-11,17H2,1-2H3,(H,33,36)(H,34,39). The van der Waals surface area contributed by atoms with Crippen molar-refractivity contribution in [1.82, 2.24) is 25.1 Å². The number of nitrogens with one attached hydrogen (secondary N) is 2. The highest BCUT2D eigenvalue weighted by Crippen LogP contribution is 2.31. The van der Waals surface area contributed by atoms with Crippen molar-refractivity contribution in [2.24, 2.45) is 7.05 Å². The number of urea groups is 1. The van der Waals surface area contributed by atoms with Gasteiger partial charge in [-0.2, -0.15) is 10.4 Å². The van der Waals surface area contributed by atoms with E-state index in [0.717, 1.165) is 53.9 Å². The van der Waals surface area contributed by atoms with Crippen molar-refractivity contribution in [3.63, 3.8) is 0 Å². The Morgan fingerprint density at radius 3 is 2.52 bits per heavy atom. The van der Waals surface area contributed by atoms with E-state index in [9.17, 15) is 4.79 Å². The van der Waals surface area contributed by atoms with Gasteiger partial charge in [0.2, 0.25) is 0 Å². The normalized spacial score (nSPS) is 16.5. The van der Waals surface area contributed by atoms with Crippen molar-refractivity contribution in [2.45, 2.75) is 44.3 Å². The van der Waals surface area contributed by atoms with Crippen LogP contribution in [-0.2, 0) is 13.6 Å². The number of aromatic nitrogens is 4. The van der Waals surface area contributed by atoms with Gasteiger partial charge in [0, 0.05) is 55.5 Å². The zero-order valence-electron chi connectivity index (χ0n) is 22.6. The summed E-state index contributed by atoms with van der Waals surface area (Å²) in [5.41, 5.74) is 4.32. The van der Waals surface area contributed by atoms with Crippen LogP contribution >= 0.6 is 0 Å². The van der Waals surface area contributed by atoms with Crippen LogP contribution in [0, 0.1) is 11.3 Å². The van der Waals surface area contributed by atoms with Crippen LogP contribution < -0.4 is 20.3 Å². The molecule has 1 aromatic carbocycles. The van der Waals surface area contributed by atoms with Crippen molar-refractivity contribution in [2.75, 3.05) is 17.3 Å². The monoisotopic (exact) mass is 536 g/mol. The number of hydrogen-bond acceptors (Lipinski definition) is 7. The Morgan fingerprint density at radius 2 is 1.88 bits per heavy atom. The van der Waals surface area contributed by atoms with Crippen molar-refractivity contribution in [1.29, 1.82) is 5.26 Å². The van der Waals surface area contributed by atoms with Crippen LogP contribution in [-0.4, -0.2) is 45.0 Å². The van der Waals surface area contributed by atoms with Crippen molar-refractivity contribution in [3.8, 4) is 22.9 Å². The fourth-order valence-corrected chi connectivity index (χ4v) is 5.05. The number of hydrogen-bond donors (Lipinski definition) is 2. The van der Waals surface area contributed by atoms with Gasteiger partial charge in [-0.15, -0.1) is 0 Å². The average Bonchev–Trinajstić information content (AvgIpc) is 3.44. The van der Waals surface area contributed by atoms with Gasteiger partial charge in [0.15, 0.2) is 0 Å². The average molecular weight is 537 g/mol. The Labute approximate surface area is 233 Å². The topological polar surface area (TPSA) is 121 Å². The summed E-state index contributed by atoms with van der Waals surface area (Å²) in [6.45, 7) is 0.342. The van der Waals surface area contributed by atoms with Gasteiger partial charge in [-0.05, 0) is 67.1 Å². The summed E-state index contributed by atoms with van der Waals surface area (Å²) in [5.74, 6) is 1.41. The Bertz CT molecular complexity index is 1470. The first-order valence-corrected chi connectivity index (χ1v) is 13.3. The van der Waals surface area contributed by atoms with Crippen LogP contribution in [0.4, 0.5) is 16.3 Å². The number of carbonyl (C=O) groups is 1. The third-order valence-electron chi connectivity index (χ3n) is 7.16. The fourth-order valence-electron chi connectivity index (χ4n) is 5.05. The molecule has 0 unspecified atom stereocenters. The smallest absolute Gasteiger partial charge is 0.322 e. The van der Waals surface area contributed by atoms with Gasteiger partial charge >= 0.3 is 6.03 Å². The molecule has 0 spiro atoms. The molecule has 40 heavy (non-hydrogen) atoms. The lowest BCUT2D eigenvalue weighted by Gasteiger charge is -2.37. The summed E-state index contributed by atoms with van der Waals surface area (Å²) in [5, 5.41) is 19.8. The van der Waals surface area contributed by atoms with Crippen LogP contribution in [0.5, 0.6) is 5.75 Å². The highest BCUT2D eigenvalue weighted by Gasteiger charge is 2.30. The van der Waals surface area contributed by atoms with Gasteiger partial charge in [-0.25, -0.2) is 9.78 Å². The molecule has 5 rings (SSSR count). The lowest BCUT2D eigenvalue weighted by atomic mass is 9.89. The second-order valence-corrected chi connectivity index (χ2v) is 9.90. The first-order chi connectivity index (χ1) is 19.5. The third kappa shape index (κ3) is 6.38. The van der Waals surface area contributed by atoms with Gasteiger partial charge < -0.3 is 15.4 Å². The molecule has 1 saturated carbocycles. The van der Waals surface area contributed by atoms with Crippen molar-refractivity contribution in [3.05, 3.63) is 84.6 Å². The molecular formula is C30H32N8O2. The predicted octanol–water partition coefficient (Wildman–Crippen LogP) is 4.90. The van der Waals surface area contributed by atoms with E-state index in [2.05, 4.69) is 31.8 Å². The molecule has 204 valence electrons. The molecule has 1 aliphatic carbocycles. The fraction of sp³-hybridized carbons (Fsp3) is 0.300. The van der Waals surface area contributed by atoms with Crippen LogP contribution in [0.1, 0.15) is 36.8 Å². The van der Waals surface area contributed by atoms with Crippen LogP contribution in [0.25, 0.3) is 11.1 Å². The van der Waals surface area contributed by atoms with E-state index >= 15 is 0 Å². The Kier molecular flexibility index (Phi) is 8.21. The molecular weight excluding hydrogens is 504 g/mol. The number of amides is 2. The minimum Gasteiger partial charge on any atom is -0.495 e. The molecule has 10 nitrogen and oxygen atoms in total. The van der Waals surface area contributed by atoms with Gasteiger partial charge in [0.25, 0.3) is 0 Å². The van der Waals surface area contributed by atoms with Gasteiger partial charge in [0.1, 0.15) is 17.6 Å². The maximum atomic E-state index is 13.7. The SMILES string of the molecule is COc1cncc(CNC(=O)N(c2ccc(-c3cnn(C)c3)cc2)C2CCC(Nc3ccc(C#N)cn3)CC2)c1. The zero-order valence-corrected chi connectivity index (χ0v) is 22.6. The van der Waals surface area contributed by atoms with E-state index < -0.39 is 0 Å². The lowest BCUT2D eigenvalue weighted by molar-refractivity contribution is 0.240. The first kappa shape index (κ1) is 26.7. The number of aryl methyl sites for hydroxylation is 1. The second kappa shape index (κ2) is 12.3. The molecule has 1 aliphatic rings. The number of anilines is 2.